The first-order chi connectivity index (χ1) is 14.3. The largest absolute Gasteiger partial charge is 0.383 e. The van der Waals surface area contributed by atoms with Crippen LogP contribution in [0.3, 0.4) is 0 Å². The highest BCUT2D eigenvalue weighted by atomic mass is 32.2. The normalized spacial score (nSPS) is 11.5. The van der Waals surface area contributed by atoms with Crippen molar-refractivity contribution in [3.8, 4) is 0 Å². The van der Waals surface area contributed by atoms with Crippen molar-refractivity contribution in [3.63, 3.8) is 0 Å². The number of fused-ring (bicyclic) bond motifs is 1. The molecule has 8 nitrogen and oxygen atoms in total. The molecule has 152 valence electrons. The molecule has 0 aliphatic carbocycles. The van der Waals surface area contributed by atoms with Gasteiger partial charge in [0.1, 0.15) is 23.6 Å². The van der Waals surface area contributed by atoms with E-state index in [1.165, 1.54) is 42.9 Å². The van der Waals surface area contributed by atoms with E-state index in [0.29, 0.717) is 16.6 Å². The van der Waals surface area contributed by atoms with Crippen LogP contribution in [0, 0.1) is 12.7 Å². The van der Waals surface area contributed by atoms with Gasteiger partial charge in [-0.05, 0) is 36.8 Å². The van der Waals surface area contributed by atoms with E-state index in [1.807, 2.05) is 0 Å². The second-order valence-corrected chi connectivity index (χ2v) is 8.26. The Morgan fingerprint density at radius 2 is 1.97 bits per heavy atom. The highest BCUT2D eigenvalue weighted by molar-refractivity contribution is 7.92. The molecular weight excluding hydrogens is 409 g/mol. The lowest BCUT2D eigenvalue weighted by Crippen LogP contribution is -2.15. The number of anilines is 2. The Hall–Kier alpha value is -3.79. The maximum Gasteiger partial charge on any atom is 0.262 e. The van der Waals surface area contributed by atoms with Crippen LogP contribution in [0.2, 0.25) is 0 Å². The fourth-order valence-electron chi connectivity index (χ4n) is 3.12. The van der Waals surface area contributed by atoms with Crippen molar-refractivity contribution in [1.82, 2.24) is 15.0 Å². The summed E-state index contributed by atoms with van der Waals surface area (Å²) in [6.45, 7) is 1.57. The van der Waals surface area contributed by atoms with Gasteiger partial charge in [-0.1, -0.05) is 18.2 Å². The van der Waals surface area contributed by atoms with Crippen molar-refractivity contribution >= 4 is 38.3 Å². The number of aromatic nitrogens is 3. The predicted octanol–water partition coefficient (Wildman–Crippen LogP) is 3.02. The molecule has 0 aliphatic rings. The highest BCUT2D eigenvalue weighted by Gasteiger charge is 2.20. The molecule has 0 atom stereocenters. The average Bonchev–Trinajstić information content (AvgIpc) is 3.14. The maximum absolute atomic E-state index is 13.5. The Kier molecular flexibility index (Phi) is 4.70. The number of sulfonamides is 1. The molecule has 2 heterocycles. The van der Waals surface area contributed by atoms with Gasteiger partial charge in [-0.3, -0.25) is 9.52 Å². The number of nitrogens with zero attached hydrogens (tertiary/aromatic N) is 2. The van der Waals surface area contributed by atoms with Crippen molar-refractivity contribution in [3.05, 3.63) is 77.5 Å². The van der Waals surface area contributed by atoms with Gasteiger partial charge in [0.2, 0.25) is 0 Å². The zero-order valence-corrected chi connectivity index (χ0v) is 16.5. The predicted molar refractivity (Wildman–Crippen MR) is 110 cm³/mol. The zero-order valence-electron chi connectivity index (χ0n) is 15.7. The third-order valence-corrected chi connectivity index (χ3v) is 6.08. The number of rotatable bonds is 5. The number of halogens is 1. The van der Waals surface area contributed by atoms with Crippen LogP contribution in [0.1, 0.15) is 21.5 Å². The molecule has 10 heteroatoms. The van der Waals surface area contributed by atoms with Crippen molar-refractivity contribution in [2.45, 2.75) is 11.8 Å². The topological polar surface area (TPSA) is 131 Å². The van der Waals surface area contributed by atoms with Crippen molar-refractivity contribution < 1.29 is 17.6 Å². The summed E-state index contributed by atoms with van der Waals surface area (Å²) in [4.78, 5) is 23.6. The second kappa shape index (κ2) is 7.23. The van der Waals surface area contributed by atoms with E-state index in [2.05, 4.69) is 19.7 Å². The number of aromatic amines is 1. The Labute approximate surface area is 171 Å². The lowest BCUT2D eigenvalue weighted by molar-refractivity contribution is 0.104. The van der Waals surface area contributed by atoms with E-state index in [4.69, 9.17) is 5.73 Å². The van der Waals surface area contributed by atoms with E-state index >= 15 is 0 Å². The van der Waals surface area contributed by atoms with E-state index < -0.39 is 15.8 Å². The first kappa shape index (κ1) is 19.5. The SMILES string of the molecule is Cc1ccc(F)cc1S(=O)(=O)Nc1cccc(C(=O)c2c[nH]c3ncnc(N)c23)c1. The van der Waals surface area contributed by atoms with Crippen LogP contribution in [-0.4, -0.2) is 29.2 Å². The van der Waals surface area contributed by atoms with Gasteiger partial charge in [0.25, 0.3) is 10.0 Å². The number of carbonyl (C=O) groups is 1. The number of nitrogens with one attached hydrogen (secondary N) is 2. The minimum absolute atomic E-state index is 0.156. The first-order valence-electron chi connectivity index (χ1n) is 8.77. The molecule has 4 aromatic rings. The van der Waals surface area contributed by atoms with E-state index in [-0.39, 0.29) is 33.3 Å². The fraction of sp³-hybridized carbons (Fsp3) is 0.0500. The molecule has 0 fully saturated rings. The van der Waals surface area contributed by atoms with Gasteiger partial charge in [0.15, 0.2) is 5.78 Å². The number of nitrogens with two attached hydrogens (primary N) is 1. The summed E-state index contributed by atoms with van der Waals surface area (Å²) in [7, 11) is -4.05. The minimum Gasteiger partial charge on any atom is -0.383 e. The van der Waals surface area contributed by atoms with Gasteiger partial charge in [0, 0.05) is 17.4 Å². The van der Waals surface area contributed by atoms with Crippen LogP contribution in [-0.2, 0) is 10.0 Å². The summed E-state index contributed by atoms with van der Waals surface area (Å²) >= 11 is 0. The third-order valence-electron chi connectivity index (χ3n) is 4.56. The summed E-state index contributed by atoms with van der Waals surface area (Å²) in [5.74, 6) is -0.891. The smallest absolute Gasteiger partial charge is 0.262 e. The number of nitrogen functional groups attached to an aromatic ring is 1. The van der Waals surface area contributed by atoms with Crippen LogP contribution in [0.25, 0.3) is 11.0 Å². The molecule has 0 saturated carbocycles. The molecule has 4 rings (SSSR count). The number of aryl methyl sites for hydroxylation is 1. The van der Waals surface area contributed by atoms with Gasteiger partial charge >= 0.3 is 0 Å². The Balaban J connectivity index is 1.69. The van der Waals surface area contributed by atoms with Crippen molar-refractivity contribution in [1.29, 1.82) is 0 Å². The molecule has 0 spiro atoms. The molecule has 4 N–H and O–H groups in total. The van der Waals surface area contributed by atoms with Crippen LogP contribution in [0.15, 0.2) is 59.9 Å². The van der Waals surface area contributed by atoms with Gasteiger partial charge in [-0.15, -0.1) is 0 Å². The molecule has 0 bridgehead atoms. The Morgan fingerprint density at radius 1 is 1.17 bits per heavy atom. The molecule has 2 aromatic carbocycles. The summed E-state index contributed by atoms with van der Waals surface area (Å²) in [6.07, 6.45) is 2.76. The van der Waals surface area contributed by atoms with Gasteiger partial charge in [-0.2, -0.15) is 0 Å². The van der Waals surface area contributed by atoms with Gasteiger partial charge < -0.3 is 10.7 Å². The Bertz CT molecular complexity index is 1400. The second-order valence-electron chi connectivity index (χ2n) is 6.61. The van der Waals surface area contributed by atoms with Crippen molar-refractivity contribution in [2.24, 2.45) is 0 Å². The lowest BCUT2D eigenvalue weighted by atomic mass is 10.0. The quantitative estimate of drug-likeness (QED) is 0.421. The van der Waals surface area contributed by atoms with E-state index in [0.717, 1.165) is 6.07 Å². The number of hydrogen-bond donors (Lipinski definition) is 3. The number of ketones is 1. The highest BCUT2D eigenvalue weighted by Crippen LogP contribution is 2.25. The van der Waals surface area contributed by atoms with Gasteiger partial charge in [-0.25, -0.2) is 22.8 Å². The molecule has 0 aliphatic heterocycles. The fourth-order valence-corrected chi connectivity index (χ4v) is 4.43. The lowest BCUT2D eigenvalue weighted by Gasteiger charge is -2.11. The van der Waals surface area contributed by atoms with Crippen LogP contribution in [0.4, 0.5) is 15.9 Å². The monoisotopic (exact) mass is 425 g/mol. The number of benzene rings is 2. The molecule has 0 amide bonds. The summed E-state index contributed by atoms with van der Waals surface area (Å²) in [5.41, 5.74) is 7.35. The molecular formula is C20H16FN5O3S. The van der Waals surface area contributed by atoms with E-state index in [9.17, 15) is 17.6 Å². The number of hydrogen-bond acceptors (Lipinski definition) is 6. The Morgan fingerprint density at radius 3 is 2.77 bits per heavy atom. The minimum atomic E-state index is -4.05. The average molecular weight is 425 g/mol. The molecule has 0 radical (unpaired) electrons. The van der Waals surface area contributed by atoms with Crippen LogP contribution in [0.5, 0.6) is 0 Å². The zero-order chi connectivity index (χ0) is 21.5. The molecule has 0 saturated heterocycles. The molecule has 30 heavy (non-hydrogen) atoms. The van der Waals surface area contributed by atoms with Crippen molar-refractivity contribution in [2.75, 3.05) is 10.5 Å². The summed E-state index contributed by atoms with van der Waals surface area (Å²) < 4.78 is 41.3. The third kappa shape index (κ3) is 3.48. The molecule has 2 aromatic heterocycles. The number of H-pyrrole nitrogens is 1. The maximum atomic E-state index is 13.5. The number of carbonyl (C=O) groups excluding carboxylic acids is 1. The standard InChI is InChI=1S/C20H16FN5O3S/c1-11-5-6-13(21)8-16(11)30(28,29)26-14-4-2-3-12(7-14)18(27)15-9-23-20-17(15)19(22)24-10-25-20/h2-10,26H,1H3,(H3,22,23,24,25). The summed E-state index contributed by atoms with van der Waals surface area (Å²) in [6, 6.07) is 9.49. The summed E-state index contributed by atoms with van der Waals surface area (Å²) in [5, 5.41) is 0.392. The van der Waals surface area contributed by atoms with Crippen LogP contribution >= 0.6 is 0 Å². The van der Waals surface area contributed by atoms with Crippen LogP contribution < -0.4 is 10.5 Å². The first-order valence-corrected chi connectivity index (χ1v) is 10.3. The van der Waals surface area contributed by atoms with Gasteiger partial charge in [0.05, 0.1) is 15.8 Å². The molecule has 0 unspecified atom stereocenters. The van der Waals surface area contributed by atoms with E-state index in [1.54, 1.807) is 13.0 Å².